The van der Waals surface area contributed by atoms with Crippen LogP contribution in [0, 0.1) is 0 Å². The van der Waals surface area contributed by atoms with Gasteiger partial charge in [-0.2, -0.15) is 0 Å². The number of aromatic hydroxyl groups is 1. The van der Waals surface area contributed by atoms with E-state index in [4.69, 9.17) is 14.6 Å². The van der Waals surface area contributed by atoms with Crippen molar-refractivity contribution in [1.29, 1.82) is 0 Å². The van der Waals surface area contributed by atoms with Crippen molar-refractivity contribution in [3.8, 4) is 11.5 Å². The van der Waals surface area contributed by atoms with E-state index in [1.54, 1.807) is 25.1 Å². The van der Waals surface area contributed by atoms with E-state index in [1.807, 2.05) is 0 Å². The lowest BCUT2D eigenvalue weighted by Gasteiger charge is -2.09. The van der Waals surface area contributed by atoms with Crippen molar-refractivity contribution in [1.82, 2.24) is 0 Å². The van der Waals surface area contributed by atoms with Gasteiger partial charge in [0.1, 0.15) is 0 Å². The van der Waals surface area contributed by atoms with Crippen molar-refractivity contribution in [3.63, 3.8) is 0 Å². The lowest BCUT2D eigenvalue weighted by Crippen LogP contribution is -2.12. The van der Waals surface area contributed by atoms with Crippen LogP contribution < -0.4 is 9.88 Å². The van der Waals surface area contributed by atoms with Crippen LogP contribution in [-0.4, -0.2) is 33.2 Å². The fourth-order valence-corrected chi connectivity index (χ4v) is 2.76. The molecule has 2 rings (SSSR count). The first-order valence-electron chi connectivity index (χ1n) is 7.65. The number of nitrogens with two attached hydrogens (primary N) is 1. The molecule has 0 saturated heterocycles. The second kappa shape index (κ2) is 8.03. The Morgan fingerprint density at radius 1 is 1.19 bits per heavy atom. The number of rotatable bonds is 6. The highest BCUT2D eigenvalue weighted by Crippen LogP contribution is 2.29. The molecule has 138 valence electrons. The van der Waals surface area contributed by atoms with E-state index in [9.17, 15) is 18.3 Å². The van der Waals surface area contributed by atoms with Gasteiger partial charge in [0.05, 0.1) is 24.2 Å². The number of phenols is 1. The first-order valence-corrected chi connectivity index (χ1v) is 9.20. The van der Waals surface area contributed by atoms with Crippen LogP contribution in [0.15, 0.2) is 47.4 Å². The molecule has 0 fully saturated rings. The van der Waals surface area contributed by atoms with Crippen molar-refractivity contribution in [2.75, 3.05) is 13.7 Å². The second-order valence-electron chi connectivity index (χ2n) is 5.28. The summed E-state index contributed by atoms with van der Waals surface area (Å²) < 4.78 is 32.9. The maximum atomic E-state index is 12.3. The normalized spacial score (nSPS) is 11.9. The molecule has 2 aromatic carbocycles. The summed E-state index contributed by atoms with van der Waals surface area (Å²) in [6, 6.07) is 10.2. The van der Waals surface area contributed by atoms with E-state index in [0.717, 1.165) is 0 Å². The van der Waals surface area contributed by atoms with E-state index < -0.39 is 16.0 Å². The van der Waals surface area contributed by atoms with Gasteiger partial charge in [0, 0.05) is 0 Å². The van der Waals surface area contributed by atoms with E-state index in [0.29, 0.717) is 11.1 Å². The molecule has 3 N–H and O–H groups in total. The summed E-state index contributed by atoms with van der Waals surface area (Å²) in [6.45, 7) is 1.87. The predicted octanol–water partition coefficient (Wildman–Crippen LogP) is 2.15. The third-order valence-electron chi connectivity index (χ3n) is 3.50. The average molecular weight is 377 g/mol. The fraction of sp³-hybridized carbons (Fsp3) is 0.167. The van der Waals surface area contributed by atoms with Gasteiger partial charge in [-0.1, -0.05) is 18.2 Å². The minimum absolute atomic E-state index is 0.0279. The monoisotopic (exact) mass is 377 g/mol. The van der Waals surface area contributed by atoms with Crippen molar-refractivity contribution < 1.29 is 27.8 Å². The summed E-state index contributed by atoms with van der Waals surface area (Å²) >= 11 is 0. The number of carbonyl (C=O) groups is 1. The third-order valence-corrected chi connectivity index (χ3v) is 4.43. The summed E-state index contributed by atoms with van der Waals surface area (Å²) in [5.41, 5.74) is 1.28. The van der Waals surface area contributed by atoms with Crippen LogP contribution in [0.25, 0.3) is 11.6 Å². The molecule has 0 aliphatic rings. The highest BCUT2D eigenvalue weighted by molar-refractivity contribution is 7.89. The van der Waals surface area contributed by atoms with Gasteiger partial charge >= 0.3 is 5.97 Å². The maximum absolute atomic E-state index is 12.3. The zero-order valence-corrected chi connectivity index (χ0v) is 15.1. The van der Waals surface area contributed by atoms with Gasteiger partial charge in [-0.15, -0.1) is 0 Å². The number of phenolic OH excluding ortho intramolecular Hbond substituents is 1. The smallest absolute Gasteiger partial charge is 0.338 e. The molecule has 0 spiro atoms. The molecule has 0 radical (unpaired) electrons. The summed E-state index contributed by atoms with van der Waals surface area (Å²) in [7, 11) is -2.41. The van der Waals surface area contributed by atoms with E-state index in [2.05, 4.69) is 0 Å². The molecule has 2 aromatic rings. The quantitative estimate of drug-likeness (QED) is 0.453. The van der Waals surface area contributed by atoms with Crippen LogP contribution in [0.2, 0.25) is 0 Å². The van der Waals surface area contributed by atoms with Gasteiger partial charge in [0.15, 0.2) is 11.5 Å². The predicted molar refractivity (Wildman–Crippen MR) is 97.0 cm³/mol. The molecule has 0 aromatic heterocycles. The Morgan fingerprint density at radius 3 is 2.38 bits per heavy atom. The number of methoxy groups -OCH3 is 1. The van der Waals surface area contributed by atoms with Crippen molar-refractivity contribution in [3.05, 3.63) is 53.6 Å². The fourth-order valence-electron chi connectivity index (χ4n) is 2.24. The molecule has 0 aliphatic carbocycles. The minimum atomic E-state index is -3.83. The van der Waals surface area contributed by atoms with Gasteiger partial charge in [-0.05, 0) is 48.4 Å². The number of primary sulfonamides is 1. The molecule has 26 heavy (non-hydrogen) atoms. The van der Waals surface area contributed by atoms with Gasteiger partial charge in [0.2, 0.25) is 10.0 Å². The molecule has 7 nitrogen and oxygen atoms in total. The Hall–Kier alpha value is -2.84. The van der Waals surface area contributed by atoms with Crippen LogP contribution in [0.5, 0.6) is 11.5 Å². The summed E-state index contributed by atoms with van der Waals surface area (Å²) in [6.07, 6.45) is 1.56. The highest BCUT2D eigenvalue weighted by atomic mass is 32.2. The van der Waals surface area contributed by atoms with E-state index in [-0.39, 0.29) is 28.6 Å². The van der Waals surface area contributed by atoms with Gasteiger partial charge < -0.3 is 14.6 Å². The zero-order valence-electron chi connectivity index (χ0n) is 14.3. The minimum Gasteiger partial charge on any atom is -0.504 e. The first kappa shape index (κ1) is 19.5. The number of carbonyl (C=O) groups excluding carboxylic acids is 1. The molecule has 0 heterocycles. The van der Waals surface area contributed by atoms with Gasteiger partial charge in [-0.3, -0.25) is 0 Å². The summed E-state index contributed by atoms with van der Waals surface area (Å²) in [5, 5.41) is 14.8. The van der Waals surface area contributed by atoms with Crippen LogP contribution in [-0.2, 0) is 19.6 Å². The van der Waals surface area contributed by atoms with Crippen LogP contribution in [0.4, 0.5) is 0 Å². The molecular formula is C18H19NO6S. The number of hydrogen-bond donors (Lipinski definition) is 2. The Kier molecular flexibility index (Phi) is 6.01. The van der Waals surface area contributed by atoms with Crippen molar-refractivity contribution >= 4 is 27.6 Å². The molecule has 0 unspecified atom stereocenters. The van der Waals surface area contributed by atoms with Gasteiger partial charge in [0.25, 0.3) is 0 Å². The van der Waals surface area contributed by atoms with E-state index in [1.165, 1.54) is 37.4 Å². The van der Waals surface area contributed by atoms with Crippen LogP contribution in [0.1, 0.15) is 18.1 Å². The van der Waals surface area contributed by atoms with Gasteiger partial charge in [-0.25, -0.2) is 18.4 Å². The van der Waals surface area contributed by atoms with Crippen molar-refractivity contribution in [2.45, 2.75) is 11.8 Å². The number of benzene rings is 2. The average Bonchev–Trinajstić information content (AvgIpc) is 2.60. The SMILES string of the molecule is CCOC(=O)/C(=C/c1ccc(O)c(OC)c1)c1ccc(S(N)(=O)=O)cc1. The van der Waals surface area contributed by atoms with Crippen LogP contribution >= 0.6 is 0 Å². The first-order chi connectivity index (χ1) is 12.3. The largest absolute Gasteiger partial charge is 0.504 e. The lowest BCUT2D eigenvalue weighted by molar-refractivity contribution is -0.136. The topological polar surface area (TPSA) is 116 Å². The molecule has 0 bridgehead atoms. The number of sulfonamides is 1. The molecule has 0 amide bonds. The van der Waals surface area contributed by atoms with E-state index >= 15 is 0 Å². The third kappa shape index (κ3) is 4.62. The Bertz CT molecular complexity index is 933. The highest BCUT2D eigenvalue weighted by Gasteiger charge is 2.15. The number of esters is 1. The maximum Gasteiger partial charge on any atom is 0.338 e. The Balaban J connectivity index is 2.52. The summed E-state index contributed by atoms with van der Waals surface area (Å²) in [4.78, 5) is 12.3. The van der Waals surface area contributed by atoms with Crippen LogP contribution in [0.3, 0.4) is 0 Å². The molecular weight excluding hydrogens is 358 g/mol. The molecule has 0 aliphatic heterocycles. The molecule has 0 saturated carbocycles. The Morgan fingerprint density at radius 2 is 1.85 bits per heavy atom. The number of hydrogen-bond acceptors (Lipinski definition) is 6. The zero-order chi connectivity index (χ0) is 19.3. The number of ether oxygens (including phenoxy) is 2. The summed E-state index contributed by atoms with van der Waals surface area (Å²) in [5.74, 6) is -0.339. The Labute approximate surface area is 151 Å². The molecule has 8 heteroatoms. The molecule has 0 atom stereocenters. The second-order valence-corrected chi connectivity index (χ2v) is 6.84. The lowest BCUT2D eigenvalue weighted by atomic mass is 10.0. The standard InChI is InChI=1S/C18H19NO6S/c1-3-25-18(21)15(10-12-4-9-16(20)17(11-12)24-2)13-5-7-14(8-6-13)26(19,22)23/h4-11,20H,3H2,1-2H3,(H2,19,22,23)/b15-10+. The van der Waals surface area contributed by atoms with Crippen molar-refractivity contribution in [2.24, 2.45) is 5.14 Å².